The van der Waals surface area contributed by atoms with Gasteiger partial charge in [-0.3, -0.25) is 4.79 Å². The van der Waals surface area contributed by atoms with Crippen LogP contribution in [0.4, 0.5) is 21.2 Å². The van der Waals surface area contributed by atoms with Gasteiger partial charge in [0.2, 0.25) is 5.95 Å². The number of carbonyl (C=O) groups excluding carboxylic acids is 3. The van der Waals surface area contributed by atoms with Crippen LogP contribution in [0, 0.1) is 0 Å². The number of hydrogen-bond donors (Lipinski definition) is 1. The van der Waals surface area contributed by atoms with Gasteiger partial charge in [-0.2, -0.15) is 0 Å². The molecule has 3 rings (SSSR count). The summed E-state index contributed by atoms with van der Waals surface area (Å²) in [5, 5.41) is 3.27. The lowest BCUT2D eigenvalue weighted by atomic mass is 10.1. The zero-order valence-electron chi connectivity index (χ0n) is 21.5. The molecule has 0 atom stereocenters. The molecule has 9 nitrogen and oxygen atoms in total. The highest BCUT2D eigenvalue weighted by molar-refractivity contribution is 6.31. The van der Waals surface area contributed by atoms with Crippen LogP contribution < -0.4 is 10.2 Å². The fourth-order valence-electron chi connectivity index (χ4n) is 3.03. The molecule has 0 aliphatic rings. The molecule has 0 spiro atoms. The second-order valence-electron chi connectivity index (χ2n) is 10.1. The number of hydrogen-bond acceptors (Lipinski definition) is 7. The highest BCUT2D eigenvalue weighted by Gasteiger charge is 2.34. The minimum absolute atomic E-state index is 0.195. The number of imide groups is 1. The molecular weight excluding hydrogens is 496 g/mol. The Balaban J connectivity index is 1.86. The van der Waals surface area contributed by atoms with Gasteiger partial charge in [-0.05, 0) is 77.9 Å². The van der Waals surface area contributed by atoms with Crippen molar-refractivity contribution in [3.05, 3.63) is 71.4 Å². The first kappa shape index (κ1) is 27.6. The highest BCUT2D eigenvalue weighted by atomic mass is 35.5. The molecule has 0 unspecified atom stereocenters. The molecule has 0 aliphatic carbocycles. The number of anilines is 2. The van der Waals surface area contributed by atoms with Crippen LogP contribution in [0.1, 0.15) is 51.9 Å². The third kappa shape index (κ3) is 8.01. The average molecular weight is 525 g/mol. The van der Waals surface area contributed by atoms with Gasteiger partial charge in [-0.15, -0.1) is 4.90 Å². The number of ether oxygens (including phenoxy) is 2. The first-order valence-electron chi connectivity index (χ1n) is 11.5. The summed E-state index contributed by atoms with van der Waals surface area (Å²) >= 11 is 5.96. The summed E-state index contributed by atoms with van der Waals surface area (Å²) in [7, 11) is 0. The Morgan fingerprint density at radius 1 is 0.865 bits per heavy atom. The monoisotopic (exact) mass is 524 g/mol. The van der Waals surface area contributed by atoms with Crippen molar-refractivity contribution in [3.8, 4) is 11.3 Å². The maximum Gasteiger partial charge on any atom is 0.427 e. The number of nitrogens with zero attached hydrogens (tertiary/aromatic N) is 3. The molecule has 3 amide bonds. The maximum absolute atomic E-state index is 12.9. The van der Waals surface area contributed by atoms with E-state index in [1.807, 2.05) is 0 Å². The van der Waals surface area contributed by atoms with Gasteiger partial charge in [0, 0.05) is 28.0 Å². The summed E-state index contributed by atoms with van der Waals surface area (Å²) in [6.45, 7) is 10.1. The Hall–Kier alpha value is -3.98. The zero-order valence-corrected chi connectivity index (χ0v) is 22.3. The molecule has 10 heteroatoms. The smallest absolute Gasteiger partial charge is 0.427 e. The molecule has 2 aromatic carbocycles. The molecule has 0 aliphatic heterocycles. The number of rotatable bonds is 4. The van der Waals surface area contributed by atoms with Crippen LogP contribution in [0.25, 0.3) is 11.3 Å². The topological polar surface area (TPSA) is 111 Å². The number of nitrogens with one attached hydrogen (secondary N) is 1. The highest BCUT2D eigenvalue weighted by Crippen LogP contribution is 2.24. The summed E-state index contributed by atoms with van der Waals surface area (Å²) in [4.78, 5) is 47.5. The van der Waals surface area contributed by atoms with Gasteiger partial charge >= 0.3 is 12.2 Å². The van der Waals surface area contributed by atoms with Crippen LogP contribution in [-0.2, 0) is 9.47 Å². The van der Waals surface area contributed by atoms with Crippen molar-refractivity contribution in [3.63, 3.8) is 0 Å². The molecule has 1 aromatic heterocycles. The van der Waals surface area contributed by atoms with Crippen LogP contribution in [-0.4, -0.2) is 39.3 Å². The number of amides is 3. The standard InChI is InChI=1S/C27H29ClN4O5/c1-26(2,3)36-24(34)32(25(35)37-27(4,5)6)23-29-15-14-21(31-23)17-10-12-20(13-11-17)30-22(33)18-8-7-9-19(28)16-18/h7-16H,1-6H3,(H,30,33). The molecule has 0 saturated heterocycles. The molecular formula is C27H29ClN4O5. The number of aromatic nitrogens is 2. The van der Waals surface area contributed by atoms with E-state index >= 15 is 0 Å². The molecule has 1 heterocycles. The molecule has 0 bridgehead atoms. The first-order chi connectivity index (χ1) is 17.2. The van der Waals surface area contributed by atoms with Crippen LogP contribution >= 0.6 is 11.6 Å². The Morgan fingerprint density at radius 3 is 2.00 bits per heavy atom. The fraction of sp³-hybridized carbons (Fsp3) is 0.296. The summed E-state index contributed by atoms with van der Waals surface area (Å²) in [5.41, 5.74) is 0.377. The lowest BCUT2D eigenvalue weighted by Gasteiger charge is -2.27. The maximum atomic E-state index is 12.9. The van der Waals surface area contributed by atoms with Crippen molar-refractivity contribution in [2.75, 3.05) is 10.2 Å². The molecule has 0 fully saturated rings. The second kappa shape index (κ2) is 11.0. The predicted molar refractivity (Wildman–Crippen MR) is 142 cm³/mol. The Morgan fingerprint density at radius 2 is 1.46 bits per heavy atom. The van der Waals surface area contributed by atoms with Crippen molar-refractivity contribution in [2.45, 2.75) is 52.7 Å². The summed E-state index contributed by atoms with van der Waals surface area (Å²) in [6, 6.07) is 15.2. The predicted octanol–water partition coefficient (Wildman–Crippen LogP) is 6.73. The fourth-order valence-corrected chi connectivity index (χ4v) is 3.22. The van der Waals surface area contributed by atoms with Gasteiger partial charge in [0.05, 0.1) is 5.69 Å². The van der Waals surface area contributed by atoms with E-state index < -0.39 is 23.4 Å². The summed E-state index contributed by atoms with van der Waals surface area (Å²) in [5.74, 6) is -0.496. The van der Waals surface area contributed by atoms with Gasteiger partial charge in [0.1, 0.15) is 11.2 Å². The van der Waals surface area contributed by atoms with Crippen LogP contribution in [0.5, 0.6) is 0 Å². The van der Waals surface area contributed by atoms with Gasteiger partial charge in [-0.25, -0.2) is 19.6 Å². The van der Waals surface area contributed by atoms with E-state index in [1.165, 1.54) is 6.20 Å². The molecule has 0 radical (unpaired) electrons. The van der Waals surface area contributed by atoms with Crippen LogP contribution in [0.2, 0.25) is 5.02 Å². The van der Waals surface area contributed by atoms with Crippen molar-refractivity contribution >= 4 is 41.3 Å². The molecule has 0 saturated carbocycles. The molecule has 1 N–H and O–H groups in total. The van der Waals surface area contributed by atoms with Crippen LogP contribution in [0.15, 0.2) is 60.8 Å². The van der Waals surface area contributed by atoms with Crippen molar-refractivity contribution < 1.29 is 23.9 Å². The van der Waals surface area contributed by atoms with E-state index in [4.69, 9.17) is 21.1 Å². The van der Waals surface area contributed by atoms with Gasteiger partial charge in [0.25, 0.3) is 5.91 Å². The van der Waals surface area contributed by atoms with E-state index in [9.17, 15) is 14.4 Å². The van der Waals surface area contributed by atoms with E-state index in [2.05, 4.69) is 15.3 Å². The second-order valence-corrected chi connectivity index (χ2v) is 10.5. The molecule has 194 valence electrons. The molecule has 37 heavy (non-hydrogen) atoms. The first-order valence-corrected chi connectivity index (χ1v) is 11.9. The third-order valence-corrected chi connectivity index (χ3v) is 4.76. The zero-order chi connectivity index (χ0) is 27.4. The molecule has 3 aromatic rings. The number of halogens is 1. The Labute approximate surface area is 220 Å². The van der Waals surface area contributed by atoms with Crippen molar-refractivity contribution in [1.29, 1.82) is 0 Å². The van der Waals surface area contributed by atoms with E-state index in [0.717, 1.165) is 0 Å². The minimum Gasteiger partial charge on any atom is -0.443 e. The number of benzene rings is 2. The number of carbonyl (C=O) groups is 3. The normalized spacial score (nSPS) is 11.4. The van der Waals surface area contributed by atoms with E-state index in [-0.39, 0.29) is 11.9 Å². The van der Waals surface area contributed by atoms with E-state index in [1.54, 1.807) is 96.1 Å². The third-order valence-electron chi connectivity index (χ3n) is 4.52. The largest absolute Gasteiger partial charge is 0.443 e. The lowest BCUT2D eigenvalue weighted by Crippen LogP contribution is -2.44. The summed E-state index contributed by atoms with van der Waals surface area (Å²) < 4.78 is 10.8. The SMILES string of the molecule is CC(C)(C)OC(=O)N(C(=O)OC(C)(C)C)c1nccc(-c2ccc(NC(=O)c3cccc(Cl)c3)cc2)n1. The van der Waals surface area contributed by atoms with Gasteiger partial charge in [0.15, 0.2) is 0 Å². The van der Waals surface area contributed by atoms with Gasteiger partial charge < -0.3 is 14.8 Å². The van der Waals surface area contributed by atoms with Crippen molar-refractivity contribution in [1.82, 2.24) is 9.97 Å². The quantitative estimate of drug-likeness (QED) is 0.403. The average Bonchev–Trinajstić information content (AvgIpc) is 2.77. The van der Waals surface area contributed by atoms with Crippen LogP contribution in [0.3, 0.4) is 0 Å². The Bertz CT molecular complexity index is 1270. The van der Waals surface area contributed by atoms with E-state index in [0.29, 0.717) is 32.4 Å². The lowest BCUT2D eigenvalue weighted by molar-refractivity contribution is 0.0427. The Kier molecular flexibility index (Phi) is 8.18. The summed E-state index contributed by atoms with van der Waals surface area (Å²) in [6.07, 6.45) is -0.496. The van der Waals surface area contributed by atoms with Gasteiger partial charge in [-0.1, -0.05) is 29.8 Å². The minimum atomic E-state index is -0.960. The van der Waals surface area contributed by atoms with Crippen molar-refractivity contribution in [2.24, 2.45) is 0 Å².